The van der Waals surface area contributed by atoms with E-state index in [1.54, 1.807) is 30.2 Å². The molecule has 0 unspecified atom stereocenters. The van der Waals surface area contributed by atoms with Crippen molar-refractivity contribution in [1.82, 2.24) is 15.1 Å². The zero-order valence-electron chi connectivity index (χ0n) is 16.8. The third-order valence-electron chi connectivity index (χ3n) is 5.04. The number of hydrogen-bond donors (Lipinski definition) is 1. The van der Waals surface area contributed by atoms with Crippen molar-refractivity contribution in [3.05, 3.63) is 65.0 Å². The van der Waals surface area contributed by atoms with Gasteiger partial charge in [-0.25, -0.2) is 4.39 Å². The average Bonchev–Trinajstić information content (AvgIpc) is 2.72. The van der Waals surface area contributed by atoms with Gasteiger partial charge in [0.05, 0.1) is 13.7 Å². The monoisotopic (exact) mass is 399 g/mol. The second-order valence-electron chi connectivity index (χ2n) is 7.17. The molecule has 0 atom stereocenters. The van der Waals surface area contributed by atoms with Gasteiger partial charge in [-0.3, -0.25) is 14.5 Å². The molecule has 0 saturated carbocycles. The summed E-state index contributed by atoms with van der Waals surface area (Å²) in [6.07, 6.45) is 0. The Morgan fingerprint density at radius 2 is 1.86 bits per heavy atom. The largest absolute Gasteiger partial charge is 0.496 e. The van der Waals surface area contributed by atoms with Gasteiger partial charge in [-0.2, -0.15) is 0 Å². The van der Waals surface area contributed by atoms with E-state index >= 15 is 0 Å². The van der Waals surface area contributed by atoms with Gasteiger partial charge in [0.2, 0.25) is 5.91 Å². The molecule has 0 radical (unpaired) electrons. The van der Waals surface area contributed by atoms with Crippen LogP contribution in [0.2, 0.25) is 0 Å². The Balaban J connectivity index is 1.47. The van der Waals surface area contributed by atoms with Gasteiger partial charge in [0, 0.05) is 43.9 Å². The average molecular weight is 399 g/mol. The fourth-order valence-electron chi connectivity index (χ4n) is 3.42. The summed E-state index contributed by atoms with van der Waals surface area (Å²) in [5.41, 5.74) is 2.33. The molecule has 1 saturated heterocycles. The summed E-state index contributed by atoms with van der Waals surface area (Å²) in [6.45, 7) is 4.94. The third kappa shape index (κ3) is 5.54. The molecule has 29 heavy (non-hydrogen) atoms. The number of carbonyl (C=O) groups is 2. The number of halogens is 1. The Bertz CT molecular complexity index is 879. The maximum absolute atomic E-state index is 13.5. The summed E-state index contributed by atoms with van der Waals surface area (Å²) in [5.74, 6) is 0.00982. The maximum Gasteiger partial charge on any atom is 0.251 e. The molecule has 1 aliphatic rings. The number of amides is 2. The predicted molar refractivity (Wildman–Crippen MR) is 108 cm³/mol. The number of rotatable bonds is 6. The minimum Gasteiger partial charge on any atom is -0.496 e. The second-order valence-corrected chi connectivity index (χ2v) is 7.17. The highest BCUT2D eigenvalue weighted by Gasteiger charge is 2.22. The fourth-order valence-corrected chi connectivity index (χ4v) is 3.42. The van der Waals surface area contributed by atoms with E-state index in [-0.39, 0.29) is 24.2 Å². The van der Waals surface area contributed by atoms with Crippen molar-refractivity contribution in [2.24, 2.45) is 0 Å². The van der Waals surface area contributed by atoms with Crippen LogP contribution in [0.4, 0.5) is 4.39 Å². The van der Waals surface area contributed by atoms with Crippen LogP contribution in [0, 0.1) is 12.7 Å². The van der Waals surface area contributed by atoms with Crippen molar-refractivity contribution in [3.63, 3.8) is 0 Å². The van der Waals surface area contributed by atoms with Gasteiger partial charge in [-0.15, -0.1) is 0 Å². The lowest BCUT2D eigenvalue weighted by Gasteiger charge is -2.35. The molecule has 7 heteroatoms. The van der Waals surface area contributed by atoms with E-state index in [2.05, 4.69) is 10.2 Å². The lowest BCUT2D eigenvalue weighted by atomic mass is 10.1. The van der Waals surface area contributed by atoms with Crippen molar-refractivity contribution < 1.29 is 18.7 Å². The van der Waals surface area contributed by atoms with Crippen LogP contribution < -0.4 is 10.1 Å². The molecule has 0 spiro atoms. The van der Waals surface area contributed by atoms with Gasteiger partial charge < -0.3 is 15.0 Å². The van der Waals surface area contributed by atoms with E-state index in [0.29, 0.717) is 44.0 Å². The van der Waals surface area contributed by atoms with E-state index in [1.165, 1.54) is 12.1 Å². The quantitative estimate of drug-likeness (QED) is 0.809. The van der Waals surface area contributed by atoms with Crippen molar-refractivity contribution in [2.45, 2.75) is 13.5 Å². The van der Waals surface area contributed by atoms with Crippen molar-refractivity contribution in [2.75, 3.05) is 39.8 Å². The van der Waals surface area contributed by atoms with Crippen molar-refractivity contribution in [3.8, 4) is 5.75 Å². The Labute approximate surface area is 170 Å². The van der Waals surface area contributed by atoms with Gasteiger partial charge in [0.1, 0.15) is 11.6 Å². The van der Waals surface area contributed by atoms with Crippen LogP contribution in [0.1, 0.15) is 21.5 Å². The molecule has 0 aromatic heterocycles. The summed E-state index contributed by atoms with van der Waals surface area (Å²) in [5, 5.41) is 2.69. The Morgan fingerprint density at radius 1 is 1.10 bits per heavy atom. The van der Waals surface area contributed by atoms with Gasteiger partial charge in [-0.05, 0) is 37.3 Å². The lowest BCUT2D eigenvalue weighted by Crippen LogP contribution is -2.50. The molecule has 1 aliphatic heterocycles. The molecule has 154 valence electrons. The second kappa shape index (κ2) is 9.52. The maximum atomic E-state index is 13.5. The smallest absolute Gasteiger partial charge is 0.251 e. The topological polar surface area (TPSA) is 61.9 Å². The Kier molecular flexibility index (Phi) is 6.82. The highest BCUT2D eigenvalue weighted by atomic mass is 19.1. The zero-order chi connectivity index (χ0) is 20.8. The highest BCUT2D eigenvalue weighted by Crippen LogP contribution is 2.21. The first kappa shape index (κ1) is 20.8. The van der Waals surface area contributed by atoms with E-state index in [1.807, 2.05) is 19.1 Å². The summed E-state index contributed by atoms with van der Waals surface area (Å²) in [6, 6.07) is 11.7. The van der Waals surface area contributed by atoms with Crippen LogP contribution in [0.5, 0.6) is 5.75 Å². The van der Waals surface area contributed by atoms with Gasteiger partial charge in [0.25, 0.3) is 5.91 Å². The SMILES string of the molecule is COc1ccc(F)cc1CN1CCN(C(=O)CNC(=O)c2cccc(C)c2)CC1. The van der Waals surface area contributed by atoms with Crippen LogP contribution in [-0.2, 0) is 11.3 Å². The minimum absolute atomic E-state index is 0.0233. The molecule has 0 aliphatic carbocycles. The molecule has 2 amide bonds. The van der Waals surface area contributed by atoms with Gasteiger partial charge in [-0.1, -0.05) is 17.7 Å². The van der Waals surface area contributed by atoms with Gasteiger partial charge >= 0.3 is 0 Å². The minimum atomic E-state index is -0.293. The summed E-state index contributed by atoms with van der Waals surface area (Å²) in [4.78, 5) is 28.5. The molecule has 6 nitrogen and oxygen atoms in total. The van der Waals surface area contributed by atoms with Crippen LogP contribution >= 0.6 is 0 Å². The number of carbonyl (C=O) groups excluding carboxylic acids is 2. The molecule has 1 N–H and O–H groups in total. The van der Waals surface area contributed by atoms with Crippen LogP contribution in [0.15, 0.2) is 42.5 Å². The first-order chi connectivity index (χ1) is 14.0. The Morgan fingerprint density at radius 3 is 2.55 bits per heavy atom. The van der Waals surface area contributed by atoms with E-state index in [0.717, 1.165) is 11.1 Å². The molecule has 0 bridgehead atoms. The van der Waals surface area contributed by atoms with Crippen molar-refractivity contribution >= 4 is 11.8 Å². The molecule has 1 fully saturated rings. The van der Waals surface area contributed by atoms with Crippen LogP contribution in [-0.4, -0.2) is 61.4 Å². The lowest BCUT2D eigenvalue weighted by molar-refractivity contribution is -0.131. The Hall–Kier alpha value is -2.93. The molecular weight excluding hydrogens is 373 g/mol. The molecule has 2 aromatic rings. The molecule has 2 aromatic carbocycles. The summed E-state index contributed by atoms with van der Waals surface area (Å²) in [7, 11) is 1.57. The number of methoxy groups -OCH3 is 1. The fraction of sp³-hybridized carbons (Fsp3) is 0.364. The number of ether oxygens (including phenoxy) is 1. The van der Waals surface area contributed by atoms with Crippen LogP contribution in [0.25, 0.3) is 0 Å². The number of nitrogens with zero attached hydrogens (tertiary/aromatic N) is 2. The number of nitrogens with one attached hydrogen (secondary N) is 1. The molecule has 3 rings (SSSR count). The highest BCUT2D eigenvalue weighted by molar-refractivity contribution is 5.96. The van der Waals surface area contributed by atoms with E-state index < -0.39 is 0 Å². The van der Waals surface area contributed by atoms with Gasteiger partial charge in [0.15, 0.2) is 0 Å². The standard InChI is InChI=1S/C22H26FN3O3/c1-16-4-3-5-17(12-16)22(28)24-14-21(27)26-10-8-25(9-11-26)15-18-13-19(23)6-7-20(18)29-2/h3-7,12-13H,8-11,14-15H2,1-2H3,(H,24,28). The molecular formula is C22H26FN3O3. The number of benzene rings is 2. The van der Waals surface area contributed by atoms with E-state index in [9.17, 15) is 14.0 Å². The zero-order valence-corrected chi connectivity index (χ0v) is 16.8. The first-order valence-corrected chi connectivity index (χ1v) is 9.63. The number of piperazine rings is 1. The van der Waals surface area contributed by atoms with E-state index in [4.69, 9.17) is 4.74 Å². The van der Waals surface area contributed by atoms with Crippen LogP contribution in [0.3, 0.4) is 0 Å². The number of hydrogen-bond acceptors (Lipinski definition) is 4. The summed E-state index contributed by atoms with van der Waals surface area (Å²) < 4.78 is 18.8. The third-order valence-corrected chi connectivity index (χ3v) is 5.04. The van der Waals surface area contributed by atoms with Crippen molar-refractivity contribution in [1.29, 1.82) is 0 Å². The predicted octanol–water partition coefficient (Wildman–Crippen LogP) is 2.22. The first-order valence-electron chi connectivity index (χ1n) is 9.63. The summed E-state index contributed by atoms with van der Waals surface area (Å²) >= 11 is 0. The molecule has 1 heterocycles. The number of aryl methyl sites for hydroxylation is 1. The normalized spacial score (nSPS) is 14.5.